The zero-order valence-corrected chi connectivity index (χ0v) is 11.1. The number of esters is 1. The monoisotopic (exact) mass is 246 g/mol. The van der Waals surface area contributed by atoms with Gasteiger partial charge in [-0.3, -0.25) is 0 Å². The maximum atomic E-state index is 11.4. The third kappa shape index (κ3) is 6.89. The second-order valence-electron chi connectivity index (χ2n) is 4.33. The van der Waals surface area contributed by atoms with Crippen molar-refractivity contribution in [2.75, 3.05) is 6.61 Å². The van der Waals surface area contributed by atoms with Gasteiger partial charge in [-0.15, -0.1) is 0 Å². The number of carbonyl (C=O) groups excluding carboxylic acids is 1. The Morgan fingerprint density at radius 3 is 2.56 bits per heavy atom. The first-order valence-electron chi connectivity index (χ1n) is 6.73. The topological polar surface area (TPSA) is 26.3 Å². The van der Waals surface area contributed by atoms with Crippen LogP contribution in [0.4, 0.5) is 0 Å². The minimum atomic E-state index is -0.255. The van der Waals surface area contributed by atoms with Gasteiger partial charge in [0.2, 0.25) is 0 Å². The summed E-state index contributed by atoms with van der Waals surface area (Å²) in [4.78, 5) is 11.4. The number of hydrogen-bond donors (Lipinski definition) is 0. The van der Waals surface area contributed by atoms with Crippen molar-refractivity contribution in [3.8, 4) is 0 Å². The maximum Gasteiger partial charge on any atom is 0.330 e. The molecular weight excluding hydrogens is 224 g/mol. The highest BCUT2D eigenvalue weighted by Crippen LogP contribution is 2.03. The molecule has 18 heavy (non-hydrogen) atoms. The summed E-state index contributed by atoms with van der Waals surface area (Å²) in [5, 5.41) is 0. The van der Waals surface area contributed by atoms with Crippen LogP contribution in [0.2, 0.25) is 0 Å². The SMILES string of the molecule is CCCCCCCOC(=O)/C=C\c1ccccc1. The van der Waals surface area contributed by atoms with E-state index in [-0.39, 0.29) is 5.97 Å². The van der Waals surface area contributed by atoms with Crippen LogP contribution in [-0.2, 0) is 9.53 Å². The van der Waals surface area contributed by atoms with Gasteiger partial charge >= 0.3 is 5.97 Å². The van der Waals surface area contributed by atoms with Crippen LogP contribution in [0.15, 0.2) is 36.4 Å². The lowest BCUT2D eigenvalue weighted by molar-refractivity contribution is -0.137. The molecule has 0 N–H and O–H groups in total. The number of benzene rings is 1. The summed E-state index contributed by atoms with van der Waals surface area (Å²) in [7, 11) is 0. The molecule has 0 aliphatic heterocycles. The molecule has 0 unspecified atom stereocenters. The maximum absolute atomic E-state index is 11.4. The minimum Gasteiger partial charge on any atom is -0.463 e. The Morgan fingerprint density at radius 1 is 1.11 bits per heavy atom. The average molecular weight is 246 g/mol. The normalized spacial score (nSPS) is 10.7. The molecule has 0 fully saturated rings. The fourth-order valence-corrected chi connectivity index (χ4v) is 1.65. The highest BCUT2D eigenvalue weighted by Gasteiger charge is 1.96. The fraction of sp³-hybridized carbons (Fsp3) is 0.438. The van der Waals surface area contributed by atoms with Gasteiger partial charge in [0.25, 0.3) is 0 Å². The van der Waals surface area contributed by atoms with Crippen LogP contribution >= 0.6 is 0 Å². The first-order chi connectivity index (χ1) is 8.83. The number of hydrogen-bond acceptors (Lipinski definition) is 2. The number of unbranched alkanes of at least 4 members (excludes halogenated alkanes) is 4. The molecular formula is C16H22O2. The molecule has 98 valence electrons. The smallest absolute Gasteiger partial charge is 0.330 e. The molecule has 2 nitrogen and oxygen atoms in total. The average Bonchev–Trinajstić information content (AvgIpc) is 2.41. The molecule has 0 bridgehead atoms. The molecule has 0 atom stereocenters. The van der Waals surface area contributed by atoms with E-state index in [2.05, 4.69) is 6.92 Å². The first kappa shape index (κ1) is 14.5. The van der Waals surface area contributed by atoms with Crippen LogP contribution in [0, 0.1) is 0 Å². The summed E-state index contributed by atoms with van der Waals surface area (Å²) in [5.74, 6) is -0.255. The van der Waals surface area contributed by atoms with E-state index in [0.29, 0.717) is 6.61 Å². The third-order valence-corrected chi connectivity index (χ3v) is 2.70. The molecule has 0 aliphatic rings. The van der Waals surface area contributed by atoms with Crippen molar-refractivity contribution in [2.45, 2.75) is 39.0 Å². The quantitative estimate of drug-likeness (QED) is 0.390. The van der Waals surface area contributed by atoms with Crippen LogP contribution in [-0.4, -0.2) is 12.6 Å². The Labute approximate surface area is 110 Å². The van der Waals surface area contributed by atoms with Crippen LogP contribution in [0.5, 0.6) is 0 Å². The molecule has 0 heterocycles. The van der Waals surface area contributed by atoms with Gasteiger partial charge < -0.3 is 4.74 Å². The summed E-state index contributed by atoms with van der Waals surface area (Å²) < 4.78 is 5.12. The van der Waals surface area contributed by atoms with E-state index < -0.39 is 0 Å². The predicted molar refractivity (Wildman–Crippen MR) is 75.2 cm³/mol. The van der Waals surface area contributed by atoms with E-state index >= 15 is 0 Å². The summed E-state index contributed by atoms with van der Waals surface area (Å²) in [6, 6.07) is 9.74. The summed E-state index contributed by atoms with van der Waals surface area (Å²) in [5.41, 5.74) is 1.01. The zero-order chi connectivity index (χ0) is 13.1. The van der Waals surface area contributed by atoms with Crippen LogP contribution in [0.1, 0.15) is 44.6 Å². The number of carbonyl (C=O) groups is 1. The number of rotatable bonds is 8. The molecule has 0 amide bonds. The molecule has 1 rings (SSSR count). The van der Waals surface area contributed by atoms with Crippen molar-refractivity contribution < 1.29 is 9.53 Å². The van der Waals surface area contributed by atoms with E-state index in [1.807, 2.05) is 30.3 Å². The van der Waals surface area contributed by atoms with Crippen LogP contribution < -0.4 is 0 Å². The van der Waals surface area contributed by atoms with Crippen molar-refractivity contribution in [3.05, 3.63) is 42.0 Å². The molecule has 0 saturated carbocycles. The first-order valence-corrected chi connectivity index (χ1v) is 6.73. The van der Waals surface area contributed by atoms with Crippen LogP contribution in [0.25, 0.3) is 6.08 Å². The number of ether oxygens (including phenoxy) is 1. The third-order valence-electron chi connectivity index (χ3n) is 2.70. The Morgan fingerprint density at radius 2 is 1.83 bits per heavy atom. The van der Waals surface area contributed by atoms with E-state index in [0.717, 1.165) is 18.4 Å². The largest absolute Gasteiger partial charge is 0.463 e. The van der Waals surface area contributed by atoms with Crippen molar-refractivity contribution in [1.29, 1.82) is 0 Å². The molecule has 0 aliphatic carbocycles. The summed E-state index contributed by atoms with van der Waals surface area (Å²) in [6.07, 6.45) is 9.10. The van der Waals surface area contributed by atoms with Gasteiger partial charge in [-0.25, -0.2) is 4.79 Å². The predicted octanol–water partition coefficient (Wildman–Crippen LogP) is 4.21. The Kier molecular flexibility index (Phi) is 7.61. The highest BCUT2D eigenvalue weighted by atomic mass is 16.5. The zero-order valence-electron chi connectivity index (χ0n) is 11.1. The fourth-order valence-electron chi connectivity index (χ4n) is 1.65. The molecule has 0 spiro atoms. The van der Waals surface area contributed by atoms with Gasteiger partial charge in [0.15, 0.2) is 0 Å². The lowest BCUT2D eigenvalue weighted by atomic mass is 10.2. The Balaban J connectivity index is 2.12. The van der Waals surface area contributed by atoms with Crippen LogP contribution in [0.3, 0.4) is 0 Å². The Bertz CT molecular complexity index is 355. The molecule has 1 aromatic rings. The molecule has 2 heteroatoms. The van der Waals surface area contributed by atoms with E-state index in [1.54, 1.807) is 6.08 Å². The molecule has 0 aromatic heterocycles. The molecule has 0 radical (unpaired) electrons. The van der Waals surface area contributed by atoms with Crippen molar-refractivity contribution in [3.63, 3.8) is 0 Å². The van der Waals surface area contributed by atoms with Crippen molar-refractivity contribution >= 4 is 12.0 Å². The van der Waals surface area contributed by atoms with E-state index in [9.17, 15) is 4.79 Å². The summed E-state index contributed by atoms with van der Waals surface area (Å²) >= 11 is 0. The second kappa shape index (κ2) is 9.46. The van der Waals surface area contributed by atoms with Gasteiger partial charge in [0.05, 0.1) is 6.61 Å². The lowest BCUT2D eigenvalue weighted by Crippen LogP contribution is -2.02. The van der Waals surface area contributed by atoms with Crippen molar-refractivity contribution in [2.24, 2.45) is 0 Å². The second-order valence-corrected chi connectivity index (χ2v) is 4.33. The van der Waals surface area contributed by atoms with Gasteiger partial charge in [-0.2, -0.15) is 0 Å². The van der Waals surface area contributed by atoms with E-state index in [1.165, 1.54) is 25.3 Å². The molecule has 1 aromatic carbocycles. The summed E-state index contributed by atoms with van der Waals surface area (Å²) in [6.45, 7) is 2.72. The standard InChI is InChI=1S/C16H22O2/c1-2-3-4-5-9-14-18-16(17)13-12-15-10-7-6-8-11-15/h6-8,10-13H,2-5,9,14H2,1H3/b13-12-. The minimum absolute atomic E-state index is 0.255. The lowest BCUT2D eigenvalue weighted by Gasteiger charge is -2.01. The van der Waals surface area contributed by atoms with Gasteiger partial charge in [0, 0.05) is 6.08 Å². The molecule has 0 saturated heterocycles. The van der Waals surface area contributed by atoms with E-state index in [4.69, 9.17) is 4.74 Å². The van der Waals surface area contributed by atoms with Gasteiger partial charge in [-0.1, -0.05) is 62.9 Å². The van der Waals surface area contributed by atoms with Gasteiger partial charge in [-0.05, 0) is 18.1 Å². The van der Waals surface area contributed by atoms with Gasteiger partial charge in [0.1, 0.15) is 0 Å². The highest BCUT2D eigenvalue weighted by molar-refractivity contribution is 5.86. The van der Waals surface area contributed by atoms with Crippen molar-refractivity contribution in [1.82, 2.24) is 0 Å². The Hall–Kier alpha value is -1.57.